The Bertz CT molecular complexity index is 1140. The Kier molecular flexibility index (Phi) is 7.23. The van der Waals surface area contributed by atoms with Gasteiger partial charge in [0.1, 0.15) is 0 Å². The number of nitrogens with zero attached hydrogens (tertiary/aromatic N) is 2. The van der Waals surface area contributed by atoms with Crippen LogP contribution in [-0.2, 0) is 9.53 Å². The number of hydrogen-bond donors (Lipinski definition) is 1. The first-order valence-electron chi connectivity index (χ1n) is 13.1. The standard InChI is InChI=1S/C30H35N3O3/c1-3-31-29(34)24-16-19-33(30(35)36-2)27(20-24)32-17-14-23(15-18-32)28-25-10-6-4-8-21(25)12-13-22-9-5-7-11-26(22)28/h4-13,24,27H,3,14-20H2,1-2H3,(H,31,34). The molecule has 0 bridgehead atoms. The number of ether oxygens (including phenoxy) is 1. The number of hydrogen-bond acceptors (Lipinski definition) is 4. The maximum absolute atomic E-state index is 12.6. The normalized spacial score (nSPS) is 21.9. The van der Waals surface area contributed by atoms with Crippen LogP contribution in [0, 0.1) is 5.92 Å². The number of rotatable bonds is 3. The molecule has 0 aromatic heterocycles. The predicted molar refractivity (Wildman–Crippen MR) is 143 cm³/mol. The van der Waals surface area contributed by atoms with Gasteiger partial charge in [0.05, 0.1) is 13.3 Å². The lowest BCUT2D eigenvalue weighted by Gasteiger charge is -2.45. The largest absolute Gasteiger partial charge is 0.453 e. The summed E-state index contributed by atoms with van der Waals surface area (Å²) in [6, 6.07) is 17.3. The van der Waals surface area contributed by atoms with Crippen molar-refractivity contribution in [2.75, 3.05) is 33.3 Å². The predicted octanol–water partition coefficient (Wildman–Crippen LogP) is 5.01. The third kappa shape index (κ3) is 4.70. The van der Waals surface area contributed by atoms with Gasteiger partial charge >= 0.3 is 6.09 Å². The van der Waals surface area contributed by atoms with E-state index >= 15 is 0 Å². The first kappa shape index (κ1) is 24.3. The minimum atomic E-state index is -0.309. The molecule has 5 rings (SSSR count). The summed E-state index contributed by atoms with van der Waals surface area (Å²) < 4.78 is 5.11. The molecule has 2 amide bonds. The Morgan fingerprint density at radius 3 is 2.14 bits per heavy atom. The van der Waals surface area contributed by atoms with E-state index in [2.05, 4.69) is 70.9 Å². The number of fused-ring (bicyclic) bond motifs is 2. The molecule has 2 heterocycles. The lowest BCUT2D eigenvalue weighted by molar-refractivity contribution is -0.128. The molecule has 2 unspecified atom stereocenters. The average Bonchev–Trinajstić information content (AvgIpc) is 3.09. The number of nitrogens with one attached hydrogen (secondary N) is 1. The molecule has 2 aliphatic heterocycles. The second kappa shape index (κ2) is 10.7. The molecule has 1 aliphatic carbocycles. The van der Waals surface area contributed by atoms with Gasteiger partial charge in [-0.1, -0.05) is 66.3 Å². The van der Waals surface area contributed by atoms with Crippen LogP contribution in [0.2, 0.25) is 0 Å². The quantitative estimate of drug-likeness (QED) is 0.567. The summed E-state index contributed by atoms with van der Waals surface area (Å²) in [6.45, 7) is 4.79. The van der Waals surface area contributed by atoms with Crippen LogP contribution in [0.5, 0.6) is 0 Å². The third-order valence-corrected chi connectivity index (χ3v) is 7.78. The van der Waals surface area contributed by atoms with Crippen LogP contribution in [0.15, 0.2) is 54.1 Å². The van der Waals surface area contributed by atoms with Crippen molar-refractivity contribution in [2.45, 2.75) is 38.8 Å². The van der Waals surface area contributed by atoms with Gasteiger partial charge in [-0.05, 0) is 60.4 Å². The number of likely N-dealkylation sites (tertiary alicyclic amines) is 2. The van der Waals surface area contributed by atoms with E-state index in [4.69, 9.17) is 4.74 Å². The maximum atomic E-state index is 12.6. The zero-order chi connectivity index (χ0) is 25.1. The molecule has 2 fully saturated rings. The SMILES string of the molecule is CCNC(=O)C1CCN(C(=O)OC)C(N2CCC(=C3c4ccccc4C=Cc4ccccc43)CC2)C1. The van der Waals surface area contributed by atoms with Crippen LogP contribution in [0.25, 0.3) is 17.7 Å². The van der Waals surface area contributed by atoms with Gasteiger partial charge in [-0.3, -0.25) is 14.6 Å². The Labute approximate surface area is 213 Å². The van der Waals surface area contributed by atoms with Crippen LogP contribution in [0.1, 0.15) is 54.9 Å². The van der Waals surface area contributed by atoms with Gasteiger partial charge in [0.15, 0.2) is 0 Å². The highest BCUT2D eigenvalue weighted by atomic mass is 16.5. The van der Waals surface area contributed by atoms with Crippen LogP contribution >= 0.6 is 0 Å². The van der Waals surface area contributed by atoms with Gasteiger partial charge in [0.2, 0.25) is 5.91 Å². The molecule has 3 aliphatic rings. The molecule has 2 saturated heterocycles. The maximum Gasteiger partial charge on any atom is 0.410 e. The van der Waals surface area contributed by atoms with E-state index in [1.807, 2.05) is 11.8 Å². The monoisotopic (exact) mass is 485 g/mol. The molecule has 2 aromatic carbocycles. The molecular formula is C30H35N3O3. The van der Waals surface area contributed by atoms with Crippen LogP contribution in [0.3, 0.4) is 0 Å². The molecule has 0 spiro atoms. The smallest absolute Gasteiger partial charge is 0.410 e. The number of piperidine rings is 2. The molecule has 2 atom stereocenters. The van der Waals surface area contributed by atoms with E-state index in [1.165, 1.54) is 40.5 Å². The molecule has 6 heteroatoms. The summed E-state index contributed by atoms with van der Waals surface area (Å²) in [7, 11) is 1.43. The fraction of sp³-hybridized carbons (Fsp3) is 0.400. The molecule has 188 valence electrons. The van der Waals surface area contributed by atoms with Crippen LogP contribution < -0.4 is 5.32 Å². The van der Waals surface area contributed by atoms with Crippen molar-refractivity contribution in [3.63, 3.8) is 0 Å². The Hall–Kier alpha value is -3.38. The number of methoxy groups -OCH3 is 1. The van der Waals surface area contributed by atoms with Gasteiger partial charge in [0, 0.05) is 32.1 Å². The van der Waals surface area contributed by atoms with Gasteiger partial charge in [0.25, 0.3) is 0 Å². The van der Waals surface area contributed by atoms with Gasteiger partial charge in [-0.2, -0.15) is 0 Å². The highest BCUT2D eigenvalue weighted by Gasteiger charge is 2.39. The highest BCUT2D eigenvalue weighted by molar-refractivity contribution is 5.95. The zero-order valence-electron chi connectivity index (χ0n) is 21.2. The van der Waals surface area contributed by atoms with Gasteiger partial charge < -0.3 is 10.1 Å². The van der Waals surface area contributed by atoms with Crippen molar-refractivity contribution in [1.29, 1.82) is 0 Å². The average molecular weight is 486 g/mol. The van der Waals surface area contributed by atoms with E-state index in [1.54, 1.807) is 0 Å². The van der Waals surface area contributed by atoms with E-state index in [0.717, 1.165) is 25.9 Å². The lowest BCUT2D eigenvalue weighted by atomic mass is 9.85. The van der Waals surface area contributed by atoms with Crippen molar-refractivity contribution < 1.29 is 14.3 Å². The summed E-state index contributed by atoms with van der Waals surface area (Å²) in [6.07, 6.45) is 7.16. The second-order valence-electron chi connectivity index (χ2n) is 9.78. The summed E-state index contributed by atoms with van der Waals surface area (Å²) >= 11 is 0. The van der Waals surface area contributed by atoms with Crippen molar-refractivity contribution in [3.8, 4) is 0 Å². The van der Waals surface area contributed by atoms with Crippen molar-refractivity contribution in [1.82, 2.24) is 15.1 Å². The van der Waals surface area contributed by atoms with Gasteiger partial charge in [-0.15, -0.1) is 0 Å². The zero-order valence-corrected chi connectivity index (χ0v) is 21.2. The fourth-order valence-corrected chi connectivity index (χ4v) is 5.96. The third-order valence-electron chi connectivity index (χ3n) is 7.78. The number of benzene rings is 2. The van der Waals surface area contributed by atoms with E-state index < -0.39 is 0 Å². The van der Waals surface area contributed by atoms with Crippen molar-refractivity contribution in [2.24, 2.45) is 5.92 Å². The second-order valence-corrected chi connectivity index (χ2v) is 9.78. The van der Waals surface area contributed by atoms with Gasteiger partial charge in [-0.25, -0.2) is 4.79 Å². The molecule has 0 radical (unpaired) electrons. The molecular weight excluding hydrogens is 450 g/mol. The molecule has 36 heavy (non-hydrogen) atoms. The Morgan fingerprint density at radius 2 is 1.56 bits per heavy atom. The Balaban J connectivity index is 1.43. The number of carbonyl (C=O) groups excluding carboxylic acids is 2. The minimum Gasteiger partial charge on any atom is -0.453 e. The topological polar surface area (TPSA) is 61.9 Å². The van der Waals surface area contributed by atoms with E-state index in [0.29, 0.717) is 25.9 Å². The summed E-state index contributed by atoms with van der Waals surface area (Å²) in [5, 5.41) is 2.97. The summed E-state index contributed by atoms with van der Waals surface area (Å²) in [5.74, 6) is 0.00768. The highest BCUT2D eigenvalue weighted by Crippen LogP contribution is 2.39. The first-order valence-corrected chi connectivity index (χ1v) is 13.1. The van der Waals surface area contributed by atoms with E-state index in [9.17, 15) is 9.59 Å². The minimum absolute atomic E-state index is 0.0812. The number of amides is 2. The van der Waals surface area contributed by atoms with Crippen molar-refractivity contribution >= 4 is 29.7 Å². The summed E-state index contributed by atoms with van der Waals surface area (Å²) in [5.41, 5.74) is 7.86. The Morgan fingerprint density at radius 1 is 0.944 bits per heavy atom. The van der Waals surface area contributed by atoms with Crippen LogP contribution in [0.4, 0.5) is 4.79 Å². The number of carbonyl (C=O) groups is 2. The van der Waals surface area contributed by atoms with E-state index in [-0.39, 0.29) is 24.1 Å². The molecule has 0 saturated carbocycles. The molecule has 1 N–H and O–H groups in total. The lowest BCUT2D eigenvalue weighted by Crippen LogP contribution is -2.57. The fourth-order valence-electron chi connectivity index (χ4n) is 5.96. The summed E-state index contributed by atoms with van der Waals surface area (Å²) in [4.78, 5) is 29.4. The van der Waals surface area contributed by atoms with Crippen LogP contribution in [-0.4, -0.2) is 61.3 Å². The first-order chi connectivity index (χ1) is 17.6. The van der Waals surface area contributed by atoms with Crippen molar-refractivity contribution in [3.05, 3.63) is 76.4 Å². The molecule has 2 aromatic rings. The molecule has 6 nitrogen and oxygen atoms in total.